The van der Waals surface area contributed by atoms with Crippen molar-refractivity contribution < 1.29 is 14.3 Å². The molecule has 0 bridgehead atoms. The summed E-state index contributed by atoms with van der Waals surface area (Å²) in [6.45, 7) is 3.31. The first-order valence-corrected chi connectivity index (χ1v) is 5.48. The highest BCUT2D eigenvalue weighted by Crippen LogP contribution is 2.17. The van der Waals surface area contributed by atoms with E-state index in [1.165, 1.54) is 25.4 Å². The number of amides is 1. The highest BCUT2D eigenvalue weighted by atomic mass is 32.1. The van der Waals surface area contributed by atoms with Gasteiger partial charge in [-0.3, -0.25) is 4.79 Å². The lowest BCUT2D eigenvalue weighted by Crippen LogP contribution is -2.25. The zero-order valence-electron chi connectivity index (χ0n) is 9.37. The Hall–Kier alpha value is -1.62. The molecule has 0 unspecified atom stereocenters. The lowest BCUT2D eigenvalue weighted by atomic mass is 10.3. The van der Waals surface area contributed by atoms with Crippen molar-refractivity contribution in [2.75, 3.05) is 7.11 Å². The smallest absolute Gasteiger partial charge is 0.354 e. The number of aryl methyl sites for hydroxylation is 1. The second-order valence-electron chi connectivity index (χ2n) is 3.18. The number of ether oxygens (including phenoxy) is 1. The van der Waals surface area contributed by atoms with Crippen LogP contribution >= 0.6 is 11.3 Å². The molecule has 1 heterocycles. The number of methoxy groups -OCH3 is 1. The third-order valence-electron chi connectivity index (χ3n) is 1.76. The summed E-state index contributed by atoms with van der Waals surface area (Å²) < 4.78 is 4.57. The van der Waals surface area contributed by atoms with Crippen molar-refractivity contribution in [3.63, 3.8) is 0 Å². The molecule has 0 fully saturated rings. The molecule has 0 aromatic carbocycles. The van der Waals surface area contributed by atoms with Crippen LogP contribution in [0, 0.1) is 6.92 Å². The maximum atomic E-state index is 11.4. The van der Waals surface area contributed by atoms with Crippen LogP contribution in [0.5, 0.6) is 0 Å². The van der Waals surface area contributed by atoms with Gasteiger partial charge in [-0.05, 0) is 25.1 Å². The van der Waals surface area contributed by atoms with E-state index in [1.807, 2.05) is 19.1 Å². The zero-order valence-corrected chi connectivity index (χ0v) is 10.2. The van der Waals surface area contributed by atoms with Crippen LogP contribution in [-0.4, -0.2) is 19.0 Å². The molecule has 0 aliphatic rings. The molecule has 1 amide bonds. The largest absolute Gasteiger partial charge is 0.464 e. The zero-order chi connectivity index (χ0) is 12.1. The Morgan fingerprint density at radius 1 is 1.44 bits per heavy atom. The highest BCUT2D eigenvalue weighted by molar-refractivity contribution is 7.12. The van der Waals surface area contributed by atoms with E-state index in [0.29, 0.717) is 0 Å². The lowest BCUT2D eigenvalue weighted by molar-refractivity contribution is -0.137. The molecule has 0 saturated heterocycles. The molecule has 1 aromatic heterocycles. The quantitative estimate of drug-likeness (QED) is 0.645. The predicted octanol–water partition coefficient (Wildman–Crippen LogP) is 1.71. The van der Waals surface area contributed by atoms with Crippen LogP contribution in [0.25, 0.3) is 6.08 Å². The molecule has 0 aliphatic carbocycles. The number of nitrogens with one attached hydrogen (secondary N) is 1. The second-order valence-corrected chi connectivity index (χ2v) is 4.50. The van der Waals surface area contributed by atoms with Crippen LogP contribution < -0.4 is 5.32 Å². The van der Waals surface area contributed by atoms with Crippen LogP contribution in [-0.2, 0) is 14.3 Å². The number of hydrogen-bond acceptors (Lipinski definition) is 4. The molecule has 86 valence electrons. The van der Waals surface area contributed by atoms with Crippen LogP contribution in [0.2, 0.25) is 0 Å². The van der Waals surface area contributed by atoms with Crippen LogP contribution in [0.15, 0.2) is 17.8 Å². The van der Waals surface area contributed by atoms with Crippen molar-refractivity contribution in [2.24, 2.45) is 0 Å². The molecule has 0 atom stereocenters. The summed E-state index contributed by atoms with van der Waals surface area (Å²) in [6.07, 6.45) is 1.60. The monoisotopic (exact) mass is 239 g/mol. The van der Waals surface area contributed by atoms with Crippen molar-refractivity contribution in [1.82, 2.24) is 5.32 Å². The van der Waals surface area contributed by atoms with Crippen LogP contribution in [0.3, 0.4) is 0 Å². The minimum atomic E-state index is -0.554. The molecule has 16 heavy (non-hydrogen) atoms. The summed E-state index contributed by atoms with van der Waals surface area (Å²) in [6, 6.07) is 3.82. The number of hydrogen-bond donors (Lipinski definition) is 1. The van der Waals surface area contributed by atoms with Gasteiger partial charge in [0, 0.05) is 16.7 Å². The van der Waals surface area contributed by atoms with Crippen molar-refractivity contribution in [3.8, 4) is 0 Å². The molecular formula is C11H13NO3S. The van der Waals surface area contributed by atoms with E-state index >= 15 is 0 Å². The number of esters is 1. The molecule has 0 radical (unpaired) electrons. The van der Waals surface area contributed by atoms with Gasteiger partial charge in [0.15, 0.2) is 0 Å². The Bertz CT molecular complexity index is 434. The molecule has 4 nitrogen and oxygen atoms in total. The Labute approximate surface area is 97.9 Å². The maximum Gasteiger partial charge on any atom is 0.354 e. The molecule has 0 spiro atoms. The summed E-state index contributed by atoms with van der Waals surface area (Å²) in [5.41, 5.74) is 0.150. The van der Waals surface area contributed by atoms with Gasteiger partial charge < -0.3 is 10.1 Å². The lowest BCUT2D eigenvalue weighted by Gasteiger charge is -2.04. The Kier molecular flexibility index (Phi) is 4.25. The van der Waals surface area contributed by atoms with Gasteiger partial charge in [-0.1, -0.05) is 0 Å². The third kappa shape index (κ3) is 3.51. The fourth-order valence-electron chi connectivity index (χ4n) is 1.12. The van der Waals surface area contributed by atoms with E-state index in [-0.39, 0.29) is 11.6 Å². The van der Waals surface area contributed by atoms with Gasteiger partial charge >= 0.3 is 5.97 Å². The van der Waals surface area contributed by atoms with E-state index in [9.17, 15) is 9.59 Å². The first-order chi connectivity index (χ1) is 7.52. The third-order valence-corrected chi connectivity index (χ3v) is 2.71. The van der Waals surface area contributed by atoms with Crippen molar-refractivity contribution in [3.05, 3.63) is 27.6 Å². The van der Waals surface area contributed by atoms with E-state index < -0.39 is 5.97 Å². The number of carbonyl (C=O) groups is 2. The van der Waals surface area contributed by atoms with Crippen LogP contribution in [0.1, 0.15) is 16.7 Å². The van der Waals surface area contributed by atoms with Crippen molar-refractivity contribution in [2.45, 2.75) is 13.8 Å². The first-order valence-electron chi connectivity index (χ1n) is 4.67. The molecule has 1 rings (SSSR count). The van der Waals surface area contributed by atoms with Crippen LogP contribution in [0.4, 0.5) is 0 Å². The van der Waals surface area contributed by atoms with E-state index in [2.05, 4.69) is 10.1 Å². The average molecular weight is 239 g/mol. The van der Waals surface area contributed by atoms with Gasteiger partial charge in [0.05, 0.1) is 7.11 Å². The summed E-state index contributed by atoms with van der Waals surface area (Å²) >= 11 is 1.54. The van der Waals surface area contributed by atoms with Crippen molar-refractivity contribution >= 4 is 29.3 Å². The van der Waals surface area contributed by atoms with E-state index in [0.717, 1.165) is 9.75 Å². The molecular weight excluding hydrogens is 226 g/mol. The van der Waals surface area contributed by atoms with E-state index in [4.69, 9.17) is 0 Å². The topological polar surface area (TPSA) is 55.4 Å². The van der Waals surface area contributed by atoms with E-state index in [1.54, 1.807) is 6.08 Å². The Balaban J connectivity index is 2.95. The van der Waals surface area contributed by atoms with Gasteiger partial charge in [0.1, 0.15) is 5.70 Å². The number of rotatable bonds is 3. The molecule has 0 saturated carbocycles. The standard InChI is InChI=1S/C11H13NO3S/c1-7-4-5-9(16-7)6-10(11(14)15-3)12-8(2)13/h4-6H,1-3H3,(H,12,13)/b10-6+. The van der Waals surface area contributed by atoms with Gasteiger partial charge in [0.25, 0.3) is 0 Å². The minimum Gasteiger partial charge on any atom is -0.464 e. The summed E-state index contributed by atoms with van der Waals surface area (Å²) in [4.78, 5) is 24.3. The number of thiophene rings is 1. The highest BCUT2D eigenvalue weighted by Gasteiger charge is 2.11. The Morgan fingerprint density at radius 2 is 2.12 bits per heavy atom. The van der Waals surface area contributed by atoms with Crippen molar-refractivity contribution in [1.29, 1.82) is 0 Å². The second kappa shape index (κ2) is 5.46. The van der Waals surface area contributed by atoms with Gasteiger partial charge in [0.2, 0.25) is 5.91 Å². The van der Waals surface area contributed by atoms with Gasteiger partial charge in [-0.2, -0.15) is 0 Å². The molecule has 1 aromatic rings. The van der Waals surface area contributed by atoms with Gasteiger partial charge in [-0.25, -0.2) is 4.79 Å². The summed E-state index contributed by atoms with van der Waals surface area (Å²) in [7, 11) is 1.28. The molecule has 0 aliphatic heterocycles. The predicted molar refractivity (Wildman–Crippen MR) is 62.9 cm³/mol. The minimum absolute atomic E-state index is 0.150. The normalized spacial score (nSPS) is 11.1. The van der Waals surface area contributed by atoms with Gasteiger partial charge in [-0.15, -0.1) is 11.3 Å². The summed E-state index contributed by atoms with van der Waals surface area (Å²) in [5, 5.41) is 2.44. The Morgan fingerprint density at radius 3 is 2.56 bits per heavy atom. The fraction of sp³-hybridized carbons (Fsp3) is 0.273. The fourth-order valence-corrected chi connectivity index (χ4v) is 1.94. The molecule has 5 heteroatoms. The molecule has 1 N–H and O–H groups in total. The first kappa shape index (κ1) is 12.4. The summed E-state index contributed by atoms with van der Waals surface area (Å²) in [5.74, 6) is -0.855. The SMILES string of the molecule is COC(=O)/C(=C\c1ccc(C)s1)NC(C)=O. The number of carbonyl (C=O) groups excluding carboxylic acids is 2. The maximum absolute atomic E-state index is 11.4. The average Bonchev–Trinajstić information content (AvgIpc) is 2.61.